The predicted octanol–water partition coefficient (Wildman–Crippen LogP) is 5.70. The standard InChI is InChI=1S/C22H26BrNO2/c1-4-16-6-9-18(10-7-16)21-14-24(22(25)26-21)15(3)12-19-11-8-17(5-2)13-20(19)23/h6-11,13,15,21H,4-5,12,14H2,1-3H3/t15-,21+/m1/s1. The second kappa shape index (κ2) is 8.26. The number of ether oxygens (including phenoxy) is 1. The topological polar surface area (TPSA) is 29.5 Å². The number of nitrogens with zero attached hydrogens (tertiary/aromatic N) is 1. The van der Waals surface area contributed by atoms with E-state index in [2.05, 4.69) is 79.2 Å². The molecule has 0 unspecified atom stereocenters. The van der Waals surface area contributed by atoms with Gasteiger partial charge < -0.3 is 9.64 Å². The second-order valence-electron chi connectivity index (χ2n) is 6.95. The molecule has 2 atom stereocenters. The van der Waals surface area contributed by atoms with E-state index in [4.69, 9.17) is 4.74 Å². The van der Waals surface area contributed by atoms with Crippen molar-refractivity contribution in [2.24, 2.45) is 0 Å². The summed E-state index contributed by atoms with van der Waals surface area (Å²) in [5.74, 6) is 0. The maximum absolute atomic E-state index is 12.4. The monoisotopic (exact) mass is 415 g/mol. The molecule has 1 aliphatic rings. The summed E-state index contributed by atoms with van der Waals surface area (Å²) in [6.07, 6.45) is 2.44. The van der Waals surface area contributed by atoms with Gasteiger partial charge in [-0.15, -0.1) is 0 Å². The van der Waals surface area contributed by atoms with Gasteiger partial charge in [0.05, 0.1) is 6.54 Å². The van der Waals surface area contributed by atoms with Crippen molar-refractivity contribution >= 4 is 22.0 Å². The van der Waals surface area contributed by atoms with E-state index in [1.54, 1.807) is 0 Å². The molecule has 0 aliphatic carbocycles. The van der Waals surface area contributed by atoms with Crippen LogP contribution in [0.4, 0.5) is 4.79 Å². The van der Waals surface area contributed by atoms with Gasteiger partial charge in [0.2, 0.25) is 0 Å². The highest BCUT2D eigenvalue weighted by Gasteiger charge is 2.35. The molecule has 2 aromatic rings. The van der Waals surface area contributed by atoms with Gasteiger partial charge in [0.15, 0.2) is 0 Å². The Morgan fingerprint density at radius 2 is 1.77 bits per heavy atom. The molecular weight excluding hydrogens is 390 g/mol. The highest BCUT2D eigenvalue weighted by atomic mass is 79.9. The van der Waals surface area contributed by atoms with Gasteiger partial charge in [0.25, 0.3) is 0 Å². The summed E-state index contributed by atoms with van der Waals surface area (Å²) in [4.78, 5) is 14.2. The third-order valence-electron chi connectivity index (χ3n) is 5.17. The Balaban J connectivity index is 1.68. The normalized spacial score (nSPS) is 18.1. The lowest BCUT2D eigenvalue weighted by molar-refractivity contribution is 0.129. The maximum atomic E-state index is 12.4. The number of hydrogen-bond acceptors (Lipinski definition) is 2. The van der Waals surface area contributed by atoms with Gasteiger partial charge in [0, 0.05) is 10.5 Å². The fraction of sp³-hybridized carbons (Fsp3) is 0.409. The number of amides is 1. The highest BCUT2D eigenvalue weighted by molar-refractivity contribution is 9.10. The van der Waals surface area contributed by atoms with E-state index in [0.717, 1.165) is 29.3 Å². The van der Waals surface area contributed by atoms with E-state index in [9.17, 15) is 4.79 Å². The Morgan fingerprint density at radius 1 is 1.12 bits per heavy atom. The molecule has 26 heavy (non-hydrogen) atoms. The van der Waals surface area contributed by atoms with Crippen molar-refractivity contribution in [2.45, 2.75) is 52.2 Å². The number of halogens is 1. The quantitative estimate of drug-likeness (QED) is 0.605. The van der Waals surface area contributed by atoms with Crippen molar-refractivity contribution < 1.29 is 9.53 Å². The maximum Gasteiger partial charge on any atom is 0.410 e. The molecule has 4 heteroatoms. The first-order valence-electron chi connectivity index (χ1n) is 9.35. The largest absolute Gasteiger partial charge is 0.439 e. The van der Waals surface area contributed by atoms with Crippen LogP contribution in [0.15, 0.2) is 46.9 Å². The zero-order valence-corrected chi connectivity index (χ0v) is 17.3. The van der Waals surface area contributed by atoms with Crippen LogP contribution in [-0.2, 0) is 24.0 Å². The number of carbonyl (C=O) groups is 1. The van der Waals surface area contributed by atoms with Crippen molar-refractivity contribution in [3.05, 3.63) is 69.2 Å². The molecule has 1 amide bonds. The Morgan fingerprint density at radius 3 is 2.38 bits per heavy atom. The summed E-state index contributed by atoms with van der Waals surface area (Å²) in [5.41, 5.74) is 4.89. The number of rotatable bonds is 6. The molecule has 0 bridgehead atoms. The summed E-state index contributed by atoms with van der Waals surface area (Å²) >= 11 is 3.67. The molecule has 0 N–H and O–H groups in total. The molecule has 1 saturated heterocycles. The summed E-state index contributed by atoms with van der Waals surface area (Å²) in [7, 11) is 0. The minimum Gasteiger partial charge on any atom is -0.439 e. The minimum absolute atomic E-state index is 0.0891. The van der Waals surface area contributed by atoms with Gasteiger partial charge >= 0.3 is 6.09 Å². The van der Waals surface area contributed by atoms with E-state index in [0.29, 0.717) is 6.54 Å². The SMILES string of the molecule is CCc1ccc([C@@H]2CN([C@H](C)Cc3ccc(CC)cc3Br)C(=O)O2)cc1. The Labute approximate surface area is 164 Å². The molecule has 0 saturated carbocycles. The zero-order chi connectivity index (χ0) is 18.7. The lowest BCUT2D eigenvalue weighted by Gasteiger charge is -2.22. The lowest BCUT2D eigenvalue weighted by Crippen LogP contribution is -2.35. The summed E-state index contributed by atoms with van der Waals surface area (Å²) < 4.78 is 6.75. The van der Waals surface area contributed by atoms with Crippen LogP contribution in [0.3, 0.4) is 0 Å². The minimum atomic E-state index is -0.219. The van der Waals surface area contributed by atoms with Crippen LogP contribution in [0.2, 0.25) is 0 Å². The molecule has 2 aromatic carbocycles. The van der Waals surface area contributed by atoms with E-state index < -0.39 is 0 Å². The Bertz CT molecular complexity index is 772. The predicted molar refractivity (Wildman–Crippen MR) is 108 cm³/mol. The third kappa shape index (κ3) is 4.12. The molecule has 1 fully saturated rings. The van der Waals surface area contributed by atoms with Gasteiger partial charge in [0.1, 0.15) is 6.10 Å². The number of hydrogen-bond donors (Lipinski definition) is 0. The zero-order valence-electron chi connectivity index (χ0n) is 15.7. The van der Waals surface area contributed by atoms with Gasteiger partial charge in [-0.1, -0.05) is 66.2 Å². The first-order valence-corrected chi connectivity index (χ1v) is 10.1. The number of cyclic esters (lactones) is 1. The van der Waals surface area contributed by atoms with Crippen LogP contribution < -0.4 is 0 Å². The van der Waals surface area contributed by atoms with Crippen LogP contribution >= 0.6 is 15.9 Å². The first kappa shape index (κ1) is 19.0. The molecule has 1 aliphatic heterocycles. The Kier molecular flexibility index (Phi) is 6.02. The fourth-order valence-corrected chi connectivity index (χ4v) is 3.97. The smallest absolute Gasteiger partial charge is 0.410 e. The van der Waals surface area contributed by atoms with Gasteiger partial charge in [-0.25, -0.2) is 4.79 Å². The van der Waals surface area contributed by atoms with Crippen LogP contribution in [0, 0.1) is 0 Å². The average Bonchev–Trinajstić information content (AvgIpc) is 3.05. The molecule has 3 rings (SSSR count). The van der Waals surface area contributed by atoms with E-state index in [1.807, 2.05) is 4.90 Å². The summed E-state index contributed by atoms with van der Waals surface area (Å²) in [6.45, 7) is 6.98. The van der Waals surface area contributed by atoms with E-state index in [-0.39, 0.29) is 18.2 Å². The van der Waals surface area contributed by atoms with Crippen LogP contribution in [0.25, 0.3) is 0 Å². The highest BCUT2D eigenvalue weighted by Crippen LogP contribution is 2.29. The molecular formula is C22H26BrNO2. The first-order chi connectivity index (χ1) is 12.5. The molecule has 138 valence electrons. The van der Waals surface area contributed by atoms with Gasteiger partial charge in [-0.3, -0.25) is 0 Å². The van der Waals surface area contributed by atoms with E-state index >= 15 is 0 Å². The number of carbonyl (C=O) groups excluding carboxylic acids is 1. The fourth-order valence-electron chi connectivity index (χ4n) is 3.39. The van der Waals surface area contributed by atoms with Gasteiger partial charge in [-0.2, -0.15) is 0 Å². The van der Waals surface area contributed by atoms with E-state index in [1.165, 1.54) is 16.7 Å². The van der Waals surface area contributed by atoms with Crippen molar-refractivity contribution in [3.63, 3.8) is 0 Å². The molecule has 0 spiro atoms. The number of benzene rings is 2. The Hall–Kier alpha value is -1.81. The van der Waals surface area contributed by atoms with Crippen LogP contribution in [0.1, 0.15) is 49.1 Å². The average molecular weight is 416 g/mol. The molecule has 1 heterocycles. The van der Waals surface area contributed by atoms with Crippen molar-refractivity contribution in [1.29, 1.82) is 0 Å². The summed E-state index contributed by atoms with van der Waals surface area (Å²) in [5, 5.41) is 0. The second-order valence-corrected chi connectivity index (χ2v) is 7.81. The van der Waals surface area contributed by atoms with Crippen LogP contribution in [-0.4, -0.2) is 23.6 Å². The van der Waals surface area contributed by atoms with Crippen LogP contribution in [0.5, 0.6) is 0 Å². The molecule has 0 aromatic heterocycles. The lowest BCUT2D eigenvalue weighted by atomic mass is 10.0. The summed E-state index contributed by atoms with van der Waals surface area (Å²) in [6, 6.07) is 14.9. The molecule has 3 nitrogen and oxygen atoms in total. The third-order valence-corrected chi connectivity index (χ3v) is 5.91. The van der Waals surface area contributed by atoms with Crippen molar-refractivity contribution in [3.8, 4) is 0 Å². The van der Waals surface area contributed by atoms with Crippen molar-refractivity contribution in [1.82, 2.24) is 4.90 Å². The number of aryl methyl sites for hydroxylation is 2. The van der Waals surface area contributed by atoms with Crippen molar-refractivity contribution in [2.75, 3.05) is 6.54 Å². The molecule has 0 radical (unpaired) electrons. The van der Waals surface area contributed by atoms with Gasteiger partial charge in [-0.05, 0) is 54.5 Å².